The number of rotatable bonds is 7. The third-order valence-electron chi connectivity index (χ3n) is 4.31. The van der Waals surface area contributed by atoms with Crippen molar-refractivity contribution in [2.24, 2.45) is 5.92 Å². The highest BCUT2D eigenvalue weighted by atomic mass is 19.1. The van der Waals surface area contributed by atoms with Crippen LogP contribution in [-0.2, 0) is 0 Å². The molecule has 1 unspecified atom stereocenters. The molecule has 1 aliphatic rings. The number of aromatic nitrogens is 2. The summed E-state index contributed by atoms with van der Waals surface area (Å²) in [5.41, 5.74) is 0. The number of nitrogens with zero attached hydrogens (tertiary/aromatic N) is 3. The lowest BCUT2D eigenvalue weighted by atomic mass is 9.99. The minimum atomic E-state index is -0.724. The molecule has 0 saturated carbocycles. The van der Waals surface area contributed by atoms with Gasteiger partial charge in [-0.2, -0.15) is 0 Å². The molecule has 1 aliphatic heterocycles. The normalized spacial score (nSPS) is 17.2. The summed E-state index contributed by atoms with van der Waals surface area (Å²) in [6.45, 7) is 2.48. The van der Waals surface area contributed by atoms with Crippen molar-refractivity contribution < 1.29 is 18.6 Å². The van der Waals surface area contributed by atoms with Gasteiger partial charge >= 0.3 is 0 Å². The van der Waals surface area contributed by atoms with E-state index in [0.717, 1.165) is 43.9 Å². The lowest BCUT2D eigenvalue weighted by Gasteiger charge is -2.32. The van der Waals surface area contributed by atoms with Crippen molar-refractivity contribution in [3.8, 4) is 5.75 Å². The lowest BCUT2D eigenvalue weighted by molar-refractivity contribution is 0.208. The molecule has 6 nitrogen and oxygen atoms in total. The zero-order chi connectivity index (χ0) is 18.4. The first-order valence-corrected chi connectivity index (χ1v) is 8.65. The fraction of sp³-hybridized carbons (Fsp3) is 0.444. The van der Waals surface area contributed by atoms with Crippen molar-refractivity contribution in [2.75, 3.05) is 43.1 Å². The van der Waals surface area contributed by atoms with Gasteiger partial charge in [0, 0.05) is 31.8 Å². The summed E-state index contributed by atoms with van der Waals surface area (Å²) in [5, 5.41) is 12.5. The van der Waals surface area contributed by atoms with E-state index in [4.69, 9.17) is 4.74 Å². The lowest BCUT2D eigenvalue weighted by Crippen LogP contribution is -2.37. The summed E-state index contributed by atoms with van der Waals surface area (Å²) in [5.74, 6) is 0.380. The van der Waals surface area contributed by atoms with Gasteiger partial charge in [-0.3, -0.25) is 0 Å². The number of hydrogen-bond donors (Lipinski definition) is 2. The molecule has 8 heteroatoms. The fourth-order valence-corrected chi connectivity index (χ4v) is 2.97. The molecule has 0 radical (unpaired) electrons. The molecular weight excluding hydrogens is 342 g/mol. The number of benzene rings is 1. The Morgan fingerprint density at radius 3 is 2.96 bits per heavy atom. The molecule has 1 aromatic heterocycles. The van der Waals surface area contributed by atoms with Crippen molar-refractivity contribution in [3.05, 3.63) is 42.2 Å². The van der Waals surface area contributed by atoms with E-state index in [9.17, 15) is 13.9 Å². The van der Waals surface area contributed by atoms with Crippen molar-refractivity contribution in [1.82, 2.24) is 9.97 Å². The zero-order valence-electron chi connectivity index (χ0n) is 14.4. The first-order valence-electron chi connectivity index (χ1n) is 8.65. The maximum atomic E-state index is 13.5. The van der Waals surface area contributed by atoms with E-state index >= 15 is 0 Å². The molecule has 0 aliphatic carbocycles. The number of nitrogens with one attached hydrogen (secondary N) is 1. The van der Waals surface area contributed by atoms with Crippen molar-refractivity contribution >= 4 is 11.6 Å². The van der Waals surface area contributed by atoms with E-state index in [1.54, 1.807) is 0 Å². The van der Waals surface area contributed by atoms with Crippen molar-refractivity contribution in [2.45, 2.75) is 12.8 Å². The van der Waals surface area contributed by atoms with Gasteiger partial charge in [0.25, 0.3) is 0 Å². The predicted molar refractivity (Wildman–Crippen MR) is 94.4 cm³/mol. The quantitative estimate of drug-likeness (QED) is 0.736. The SMILES string of the molecule is OCC1CCCN(c2cc(NCCOc3ccc(F)cc3F)ncn2)C1. The molecule has 2 aromatic rings. The Bertz CT molecular complexity index is 732. The predicted octanol–water partition coefficient (Wildman–Crippen LogP) is 2.45. The van der Waals surface area contributed by atoms with Crippen LogP contribution >= 0.6 is 0 Å². The molecule has 1 fully saturated rings. The number of piperidine rings is 1. The summed E-state index contributed by atoms with van der Waals surface area (Å²) in [4.78, 5) is 10.6. The first kappa shape index (κ1) is 18.3. The summed E-state index contributed by atoms with van der Waals surface area (Å²) < 4.78 is 31.6. The van der Waals surface area contributed by atoms with E-state index in [1.807, 2.05) is 6.07 Å². The van der Waals surface area contributed by atoms with Gasteiger partial charge in [0.1, 0.15) is 30.4 Å². The highest BCUT2D eigenvalue weighted by Crippen LogP contribution is 2.22. The first-order chi connectivity index (χ1) is 12.7. The molecule has 26 heavy (non-hydrogen) atoms. The van der Waals surface area contributed by atoms with Crippen LogP contribution in [-0.4, -0.2) is 47.9 Å². The van der Waals surface area contributed by atoms with E-state index in [-0.39, 0.29) is 24.9 Å². The second-order valence-corrected chi connectivity index (χ2v) is 6.25. The minimum Gasteiger partial charge on any atom is -0.489 e. The van der Waals surface area contributed by atoms with Gasteiger partial charge in [0.2, 0.25) is 0 Å². The van der Waals surface area contributed by atoms with Crippen LogP contribution < -0.4 is 15.0 Å². The van der Waals surface area contributed by atoms with Crippen LogP contribution in [0.1, 0.15) is 12.8 Å². The summed E-state index contributed by atoms with van der Waals surface area (Å²) >= 11 is 0. The highest BCUT2D eigenvalue weighted by Gasteiger charge is 2.20. The number of aliphatic hydroxyl groups is 1. The third-order valence-corrected chi connectivity index (χ3v) is 4.31. The molecule has 0 spiro atoms. The Morgan fingerprint density at radius 2 is 2.15 bits per heavy atom. The summed E-state index contributed by atoms with van der Waals surface area (Å²) in [6.07, 6.45) is 3.54. The molecule has 1 aromatic carbocycles. The van der Waals surface area contributed by atoms with Gasteiger partial charge in [0.15, 0.2) is 11.6 Å². The molecule has 0 amide bonds. The molecule has 3 rings (SSSR count). The number of anilines is 2. The van der Waals surface area contributed by atoms with Gasteiger partial charge in [-0.05, 0) is 30.9 Å². The molecule has 2 heterocycles. The molecule has 0 bridgehead atoms. The minimum absolute atomic E-state index is 0.0138. The number of aliphatic hydroxyl groups excluding tert-OH is 1. The van der Waals surface area contributed by atoms with E-state index in [0.29, 0.717) is 12.4 Å². The van der Waals surface area contributed by atoms with E-state index in [2.05, 4.69) is 20.2 Å². The highest BCUT2D eigenvalue weighted by molar-refractivity contribution is 5.48. The van der Waals surface area contributed by atoms with E-state index < -0.39 is 11.6 Å². The molecule has 1 saturated heterocycles. The molecule has 1 atom stereocenters. The van der Waals surface area contributed by atoms with Crippen molar-refractivity contribution in [3.63, 3.8) is 0 Å². The molecular formula is C18H22F2N4O2. The average Bonchev–Trinajstić information content (AvgIpc) is 2.67. The Balaban J connectivity index is 1.51. The zero-order valence-corrected chi connectivity index (χ0v) is 14.4. The van der Waals surface area contributed by atoms with Gasteiger partial charge < -0.3 is 20.1 Å². The van der Waals surface area contributed by atoms with Gasteiger partial charge in [-0.15, -0.1) is 0 Å². The van der Waals surface area contributed by atoms with Gasteiger partial charge in [-0.1, -0.05) is 0 Å². The van der Waals surface area contributed by atoms with Gasteiger partial charge in [-0.25, -0.2) is 18.7 Å². The third kappa shape index (κ3) is 4.78. The van der Waals surface area contributed by atoms with Crippen LogP contribution in [0.4, 0.5) is 20.4 Å². The largest absolute Gasteiger partial charge is 0.489 e. The molecule has 2 N–H and O–H groups in total. The van der Waals surface area contributed by atoms with Crippen LogP contribution in [0.15, 0.2) is 30.6 Å². The Morgan fingerprint density at radius 1 is 1.27 bits per heavy atom. The summed E-state index contributed by atoms with van der Waals surface area (Å²) in [7, 11) is 0. The second-order valence-electron chi connectivity index (χ2n) is 6.25. The van der Waals surface area contributed by atoms with E-state index in [1.165, 1.54) is 12.4 Å². The van der Waals surface area contributed by atoms with Gasteiger partial charge in [0.05, 0.1) is 6.54 Å². The van der Waals surface area contributed by atoms with Crippen LogP contribution in [0.25, 0.3) is 0 Å². The Kier molecular flexibility index (Phi) is 6.17. The number of halogens is 2. The monoisotopic (exact) mass is 364 g/mol. The number of hydrogen-bond acceptors (Lipinski definition) is 6. The smallest absolute Gasteiger partial charge is 0.167 e. The number of ether oxygens (including phenoxy) is 1. The topological polar surface area (TPSA) is 70.5 Å². The fourth-order valence-electron chi connectivity index (χ4n) is 2.97. The summed E-state index contributed by atoms with van der Waals surface area (Å²) in [6, 6.07) is 5.05. The molecule has 140 valence electrons. The van der Waals surface area contributed by atoms with Crippen LogP contribution in [0.5, 0.6) is 5.75 Å². The van der Waals surface area contributed by atoms with Crippen LogP contribution in [0.3, 0.4) is 0 Å². The Hall–Kier alpha value is -2.48. The van der Waals surface area contributed by atoms with Crippen molar-refractivity contribution in [1.29, 1.82) is 0 Å². The average molecular weight is 364 g/mol. The second kappa shape index (κ2) is 8.75. The maximum absolute atomic E-state index is 13.5. The standard InChI is InChI=1S/C18H22F2N4O2/c19-14-3-4-16(15(20)8-14)26-7-5-21-17-9-18(23-12-22-17)24-6-1-2-13(10-24)11-25/h3-4,8-9,12-13,25H,1-2,5-7,10-11H2,(H,21,22,23). The van der Waals surface area contributed by atoms with Crippen LogP contribution in [0.2, 0.25) is 0 Å². The maximum Gasteiger partial charge on any atom is 0.167 e. The Labute approximate surface area is 150 Å². The van der Waals surface area contributed by atoms with Crippen LogP contribution in [0, 0.1) is 17.6 Å².